The second kappa shape index (κ2) is 8.85. The van der Waals surface area contributed by atoms with Gasteiger partial charge in [0, 0.05) is 6.54 Å². The maximum absolute atomic E-state index is 12.2. The van der Waals surface area contributed by atoms with Crippen molar-refractivity contribution < 1.29 is 13.2 Å². The van der Waals surface area contributed by atoms with Crippen molar-refractivity contribution in [1.29, 1.82) is 0 Å². The monoisotopic (exact) mass is 374 g/mol. The van der Waals surface area contributed by atoms with Crippen LogP contribution in [-0.4, -0.2) is 33.7 Å². The fourth-order valence-corrected chi connectivity index (χ4v) is 3.73. The van der Waals surface area contributed by atoms with Crippen molar-refractivity contribution in [2.24, 2.45) is 0 Å². The van der Waals surface area contributed by atoms with Gasteiger partial charge in [0.1, 0.15) is 6.54 Å². The van der Waals surface area contributed by atoms with Gasteiger partial charge in [-0.05, 0) is 43.9 Å². The van der Waals surface area contributed by atoms with Crippen molar-refractivity contribution >= 4 is 21.6 Å². The molecule has 2 rings (SSSR count). The van der Waals surface area contributed by atoms with Crippen LogP contribution in [0, 0.1) is 13.8 Å². The number of amides is 1. The Kier molecular flexibility index (Phi) is 6.80. The molecule has 0 radical (unpaired) electrons. The lowest BCUT2D eigenvalue weighted by Crippen LogP contribution is -2.41. The summed E-state index contributed by atoms with van der Waals surface area (Å²) in [5, 5.41) is 2.81. The van der Waals surface area contributed by atoms with Crippen LogP contribution in [0.5, 0.6) is 0 Å². The number of carbonyl (C=O) groups excluding carboxylic acids is 1. The zero-order chi connectivity index (χ0) is 19.2. The summed E-state index contributed by atoms with van der Waals surface area (Å²) in [6.07, 6.45) is 2.79. The number of nitrogens with one attached hydrogen (secondary N) is 1. The van der Waals surface area contributed by atoms with Crippen molar-refractivity contribution in [2.75, 3.05) is 23.7 Å². The predicted molar refractivity (Wildman–Crippen MR) is 106 cm³/mol. The molecule has 1 N–H and O–H groups in total. The van der Waals surface area contributed by atoms with Crippen LogP contribution in [0.2, 0.25) is 0 Å². The number of hydrogen-bond donors (Lipinski definition) is 1. The van der Waals surface area contributed by atoms with Crippen LogP contribution in [0.3, 0.4) is 0 Å². The topological polar surface area (TPSA) is 66.5 Å². The normalized spacial score (nSPS) is 11.2. The third-order valence-electron chi connectivity index (χ3n) is 4.12. The Morgan fingerprint density at radius 2 is 1.77 bits per heavy atom. The summed E-state index contributed by atoms with van der Waals surface area (Å²) in [6.45, 7) is 4.09. The number of anilines is 1. The molecule has 0 bridgehead atoms. The van der Waals surface area contributed by atoms with Gasteiger partial charge >= 0.3 is 0 Å². The zero-order valence-electron chi connectivity index (χ0n) is 15.5. The van der Waals surface area contributed by atoms with Crippen LogP contribution in [0.25, 0.3) is 0 Å². The van der Waals surface area contributed by atoms with Crippen LogP contribution in [0.4, 0.5) is 5.69 Å². The van der Waals surface area contributed by atoms with Gasteiger partial charge in [-0.25, -0.2) is 8.42 Å². The summed E-state index contributed by atoms with van der Waals surface area (Å²) in [4.78, 5) is 12.2. The summed E-state index contributed by atoms with van der Waals surface area (Å²) < 4.78 is 25.5. The fourth-order valence-electron chi connectivity index (χ4n) is 2.82. The third-order valence-corrected chi connectivity index (χ3v) is 5.24. The van der Waals surface area contributed by atoms with Crippen molar-refractivity contribution in [3.63, 3.8) is 0 Å². The molecular weight excluding hydrogens is 348 g/mol. The van der Waals surface area contributed by atoms with Crippen LogP contribution >= 0.6 is 0 Å². The summed E-state index contributed by atoms with van der Waals surface area (Å²) in [5.41, 5.74) is 3.63. The minimum Gasteiger partial charge on any atom is -0.355 e. The van der Waals surface area contributed by atoms with Gasteiger partial charge < -0.3 is 5.32 Å². The molecule has 0 spiro atoms. The lowest BCUT2D eigenvalue weighted by Gasteiger charge is -2.24. The molecule has 0 aromatic heterocycles. The smallest absolute Gasteiger partial charge is 0.240 e. The molecule has 0 heterocycles. The van der Waals surface area contributed by atoms with E-state index in [-0.39, 0.29) is 12.5 Å². The van der Waals surface area contributed by atoms with Crippen LogP contribution in [-0.2, 0) is 21.2 Å². The Balaban J connectivity index is 1.94. The van der Waals surface area contributed by atoms with Crippen molar-refractivity contribution in [1.82, 2.24) is 5.32 Å². The standard InChI is InChI=1S/C20H26N2O3S/c1-16-11-12-19(17(2)14-16)22(26(3,24)25)15-20(23)21-13-7-10-18-8-5-4-6-9-18/h4-6,8-9,11-12,14H,7,10,13,15H2,1-3H3,(H,21,23). The number of carbonyl (C=O) groups is 1. The maximum Gasteiger partial charge on any atom is 0.240 e. The van der Waals surface area contributed by atoms with Gasteiger partial charge in [-0.15, -0.1) is 0 Å². The average molecular weight is 375 g/mol. The minimum atomic E-state index is -3.55. The second-order valence-electron chi connectivity index (χ2n) is 6.50. The first kappa shape index (κ1) is 20.0. The average Bonchev–Trinajstić information content (AvgIpc) is 2.57. The van der Waals surface area contributed by atoms with Gasteiger partial charge in [0.15, 0.2) is 0 Å². The highest BCUT2D eigenvalue weighted by Gasteiger charge is 2.22. The molecule has 0 aliphatic heterocycles. The highest BCUT2D eigenvalue weighted by Crippen LogP contribution is 2.23. The first-order chi connectivity index (χ1) is 12.3. The highest BCUT2D eigenvalue weighted by atomic mass is 32.2. The first-order valence-electron chi connectivity index (χ1n) is 8.63. The number of rotatable bonds is 8. The Labute approximate surface area is 156 Å². The summed E-state index contributed by atoms with van der Waals surface area (Å²) in [7, 11) is -3.55. The molecule has 0 unspecified atom stereocenters. The van der Waals surface area contributed by atoms with E-state index in [1.165, 1.54) is 5.56 Å². The molecule has 0 atom stereocenters. The van der Waals surface area contributed by atoms with Crippen molar-refractivity contribution in [3.05, 3.63) is 65.2 Å². The van der Waals surface area contributed by atoms with Crippen LogP contribution in [0.15, 0.2) is 48.5 Å². The lowest BCUT2D eigenvalue weighted by molar-refractivity contribution is -0.119. The molecule has 140 valence electrons. The lowest BCUT2D eigenvalue weighted by atomic mass is 10.1. The minimum absolute atomic E-state index is 0.214. The molecule has 26 heavy (non-hydrogen) atoms. The highest BCUT2D eigenvalue weighted by molar-refractivity contribution is 7.92. The SMILES string of the molecule is Cc1ccc(N(CC(=O)NCCCc2ccccc2)S(C)(=O)=O)c(C)c1. The van der Waals surface area contributed by atoms with E-state index in [2.05, 4.69) is 5.32 Å². The molecule has 2 aromatic rings. The molecule has 0 fully saturated rings. The Hall–Kier alpha value is -2.34. The Morgan fingerprint density at radius 1 is 1.08 bits per heavy atom. The third kappa shape index (κ3) is 5.88. The van der Waals surface area contributed by atoms with Gasteiger partial charge in [0.05, 0.1) is 11.9 Å². The summed E-state index contributed by atoms with van der Waals surface area (Å²) in [5.74, 6) is -0.302. The van der Waals surface area contributed by atoms with Gasteiger partial charge in [0.2, 0.25) is 15.9 Å². The largest absolute Gasteiger partial charge is 0.355 e. The Morgan fingerprint density at radius 3 is 2.38 bits per heavy atom. The predicted octanol–water partition coefficient (Wildman–Crippen LogP) is 2.82. The number of nitrogens with zero attached hydrogens (tertiary/aromatic N) is 1. The van der Waals surface area contributed by atoms with Crippen LogP contribution in [0.1, 0.15) is 23.1 Å². The van der Waals surface area contributed by atoms with E-state index in [1.54, 1.807) is 6.07 Å². The van der Waals surface area contributed by atoms with Crippen molar-refractivity contribution in [3.8, 4) is 0 Å². The molecule has 1 amide bonds. The van der Waals surface area contributed by atoms with Gasteiger partial charge in [-0.2, -0.15) is 0 Å². The fraction of sp³-hybridized carbons (Fsp3) is 0.350. The second-order valence-corrected chi connectivity index (χ2v) is 8.41. The maximum atomic E-state index is 12.2. The van der Waals surface area contributed by atoms with E-state index in [0.29, 0.717) is 12.2 Å². The first-order valence-corrected chi connectivity index (χ1v) is 10.5. The van der Waals surface area contributed by atoms with Gasteiger partial charge in [-0.1, -0.05) is 48.0 Å². The van der Waals surface area contributed by atoms with Gasteiger partial charge in [-0.3, -0.25) is 9.10 Å². The summed E-state index contributed by atoms with van der Waals surface area (Å²) in [6, 6.07) is 15.5. The number of hydrogen-bond acceptors (Lipinski definition) is 3. The van der Waals surface area contributed by atoms with E-state index in [9.17, 15) is 13.2 Å². The van der Waals surface area contributed by atoms with Gasteiger partial charge in [0.25, 0.3) is 0 Å². The molecule has 0 aliphatic rings. The van der Waals surface area contributed by atoms with Crippen molar-refractivity contribution in [2.45, 2.75) is 26.7 Å². The molecule has 0 saturated heterocycles. The molecule has 2 aromatic carbocycles. The van der Waals surface area contributed by atoms with E-state index >= 15 is 0 Å². The van der Waals surface area contributed by atoms with E-state index in [4.69, 9.17) is 0 Å². The van der Waals surface area contributed by atoms with Crippen LogP contribution < -0.4 is 9.62 Å². The quantitative estimate of drug-likeness (QED) is 0.723. The van der Waals surface area contributed by atoms with E-state index in [1.807, 2.05) is 56.3 Å². The number of benzene rings is 2. The van der Waals surface area contributed by atoms with E-state index in [0.717, 1.165) is 34.5 Å². The molecule has 0 saturated carbocycles. The molecule has 0 aliphatic carbocycles. The Bertz CT molecular complexity index is 849. The molecule has 5 nitrogen and oxygen atoms in total. The summed E-state index contributed by atoms with van der Waals surface area (Å²) >= 11 is 0. The van der Waals surface area contributed by atoms with E-state index < -0.39 is 10.0 Å². The molecule has 6 heteroatoms. The molecular formula is C20H26N2O3S. The number of aryl methyl sites for hydroxylation is 3. The zero-order valence-corrected chi connectivity index (χ0v) is 16.3. The number of sulfonamides is 1.